The van der Waals surface area contributed by atoms with Gasteiger partial charge in [-0.3, -0.25) is 9.36 Å². The summed E-state index contributed by atoms with van der Waals surface area (Å²) >= 11 is 1.42. The molecule has 1 aromatic heterocycles. The summed E-state index contributed by atoms with van der Waals surface area (Å²) in [5.74, 6) is 0.532. The van der Waals surface area contributed by atoms with Gasteiger partial charge in [0.05, 0.1) is 29.1 Å². The van der Waals surface area contributed by atoms with Crippen molar-refractivity contribution in [3.05, 3.63) is 66.9 Å². The van der Waals surface area contributed by atoms with Crippen LogP contribution in [0, 0.1) is 0 Å². The topological polar surface area (TPSA) is 72.3 Å². The van der Waals surface area contributed by atoms with Gasteiger partial charge >= 0.3 is 0 Å². The average Bonchev–Trinajstić information content (AvgIpc) is 3.59. The predicted molar refractivity (Wildman–Crippen MR) is 136 cm³/mol. The lowest BCUT2D eigenvalue weighted by Gasteiger charge is -2.34. The highest BCUT2D eigenvalue weighted by Gasteiger charge is 2.39. The van der Waals surface area contributed by atoms with Gasteiger partial charge in [-0.05, 0) is 31.4 Å². The van der Waals surface area contributed by atoms with E-state index in [0.29, 0.717) is 6.42 Å². The number of para-hydroxylation sites is 1. The molecule has 0 spiro atoms. The molecule has 1 aliphatic heterocycles. The van der Waals surface area contributed by atoms with Gasteiger partial charge in [0, 0.05) is 23.3 Å². The second-order valence-corrected chi connectivity index (χ2v) is 12.2. The number of rotatable bonds is 7. The smallest absolute Gasteiger partial charge is 0.233 e. The van der Waals surface area contributed by atoms with Crippen LogP contribution >= 0.6 is 11.8 Å². The van der Waals surface area contributed by atoms with Gasteiger partial charge in [-0.2, -0.15) is 0 Å². The molecule has 2 fully saturated rings. The summed E-state index contributed by atoms with van der Waals surface area (Å²) in [5, 5.41) is 0.754. The Bertz CT molecular complexity index is 1240. The van der Waals surface area contributed by atoms with E-state index in [-0.39, 0.29) is 35.2 Å². The first-order chi connectivity index (χ1) is 16.5. The number of hydrogen-bond acceptors (Lipinski definition) is 5. The number of amides is 1. The fraction of sp³-hybridized carbons (Fsp3) is 0.385. The molecule has 1 atom stereocenters. The first-order valence-electron chi connectivity index (χ1n) is 11.8. The monoisotopic (exact) mass is 495 g/mol. The van der Waals surface area contributed by atoms with Crippen molar-refractivity contribution >= 4 is 27.5 Å². The Balaban J connectivity index is 1.41. The van der Waals surface area contributed by atoms with Crippen molar-refractivity contribution in [1.82, 2.24) is 14.5 Å². The third-order valence-electron chi connectivity index (χ3n) is 6.75. The Morgan fingerprint density at radius 2 is 1.65 bits per heavy atom. The molecule has 1 amide bonds. The van der Waals surface area contributed by atoms with E-state index >= 15 is 0 Å². The van der Waals surface area contributed by atoms with Crippen LogP contribution < -0.4 is 0 Å². The fourth-order valence-electron chi connectivity index (χ4n) is 5.16. The minimum atomic E-state index is -3.06. The van der Waals surface area contributed by atoms with Crippen molar-refractivity contribution in [2.75, 3.05) is 17.3 Å². The lowest BCUT2D eigenvalue weighted by atomic mass is 10.1. The normalized spacial score (nSPS) is 19.9. The van der Waals surface area contributed by atoms with E-state index < -0.39 is 9.84 Å². The zero-order valence-electron chi connectivity index (χ0n) is 19.0. The number of aromatic nitrogens is 2. The molecule has 2 aromatic carbocycles. The number of thioether (sulfide) groups is 1. The second kappa shape index (κ2) is 9.96. The van der Waals surface area contributed by atoms with Crippen molar-refractivity contribution in [3.8, 4) is 16.9 Å². The molecule has 0 unspecified atom stereocenters. The highest BCUT2D eigenvalue weighted by Crippen LogP contribution is 2.32. The van der Waals surface area contributed by atoms with Crippen LogP contribution in [0.3, 0.4) is 0 Å². The first kappa shape index (κ1) is 23.2. The van der Waals surface area contributed by atoms with Crippen LogP contribution in [-0.4, -0.2) is 58.1 Å². The van der Waals surface area contributed by atoms with Gasteiger partial charge in [-0.1, -0.05) is 73.1 Å². The molecule has 1 aliphatic carbocycles. The summed E-state index contributed by atoms with van der Waals surface area (Å²) in [6.07, 6.45) is 6.52. The summed E-state index contributed by atoms with van der Waals surface area (Å²) in [4.78, 5) is 20.1. The zero-order valence-corrected chi connectivity index (χ0v) is 20.7. The Morgan fingerprint density at radius 1 is 0.971 bits per heavy atom. The van der Waals surface area contributed by atoms with Crippen molar-refractivity contribution in [2.24, 2.45) is 0 Å². The van der Waals surface area contributed by atoms with Gasteiger partial charge in [-0.25, -0.2) is 13.4 Å². The Morgan fingerprint density at radius 3 is 2.29 bits per heavy atom. The van der Waals surface area contributed by atoms with Crippen LogP contribution in [0.1, 0.15) is 32.1 Å². The third-order valence-corrected chi connectivity index (χ3v) is 9.43. The van der Waals surface area contributed by atoms with Crippen molar-refractivity contribution in [1.29, 1.82) is 0 Å². The molecular weight excluding hydrogens is 466 g/mol. The summed E-state index contributed by atoms with van der Waals surface area (Å²) in [6, 6.07) is 20.1. The van der Waals surface area contributed by atoms with E-state index in [9.17, 15) is 13.2 Å². The molecule has 0 bridgehead atoms. The maximum Gasteiger partial charge on any atom is 0.233 e. The number of carbonyl (C=O) groups excluding carboxylic acids is 1. The molecule has 3 aromatic rings. The Labute approximate surface area is 205 Å². The molecule has 34 heavy (non-hydrogen) atoms. The summed E-state index contributed by atoms with van der Waals surface area (Å²) in [5.41, 5.74) is 3.01. The maximum absolute atomic E-state index is 13.5. The maximum atomic E-state index is 13.5. The lowest BCUT2D eigenvalue weighted by molar-refractivity contribution is -0.132. The highest BCUT2D eigenvalue weighted by molar-refractivity contribution is 7.99. The van der Waals surface area contributed by atoms with E-state index in [0.717, 1.165) is 47.8 Å². The highest BCUT2D eigenvalue weighted by atomic mass is 32.2. The number of sulfone groups is 1. The largest absolute Gasteiger partial charge is 0.335 e. The standard InChI is InChI=1S/C26H29N3O3S2/c30-25(28(21-13-7-8-14-21)23-15-16-34(31,32)19-23)18-33-26-27-17-24(20-9-3-1-4-10-20)29(26)22-11-5-2-6-12-22/h1-6,9-12,17,21,23H,7-8,13-16,18-19H2/t23-/m1/s1. The van der Waals surface area contributed by atoms with Crippen LogP contribution in [0.4, 0.5) is 0 Å². The van der Waals surface area contributed by atoms with Gasteiger partial charge in [0.25, 0.3) is 0 Å². The van der Waals surface area contributed by atoms with Crippen LogP contribution in [0.25, 0.3) is 16.9 Å². The lowest BCUT2D eigenvalue weighted by Crippen LogP contribution is -2.47. The van der Waals surface area contributed by atoms with E-state index in [2.05, 4.69) is 21.7 Å². The third kappa shape index (κ3) is 4.93. The van der Waals surface area contributed by atoms with E-state index in [4.69, 9.17) is 0 Å². The number of carbonyl (C=O) groups is 1. The fourth-order valence-corrected chi connectivity index (χ4v) is 7.73. The molecule has 1 saturated heterocycles. The SMILES string of the molecule is O=C(CSc1ncc(-c2ccccc2)n1-c1ccccc1)N(C1CCCC1)[C@@H]1CCS(=O)(=O)C1. The number of benzene rings is 2. The quantitative estimate of drug-likeness (QED) is 0.448. The van der Waals surface area contributed by atoms with Crippen LogP contribution in [0.5, 0.6) is 0 Å². The van der Waals surface area contributed by atoms with Gasteiger partial charge in [0.1, 0.15) is 0 Å². The Kier molecular flexibility index (Phi) is 6.79. The molecule has 0 N–H and O–H groups in total. The summed E-state index contributed by atoms with van der Waals surface area (Å²) in [6.45, 7) is 0. The zero-order chi connectivity index (χ0) is 23.5. The van der Waals surface area contributed by atoms with Crippen LogP contribution in [-0.2, 0) is 14.6 Å². The van der Waals surface area contributed by atoms with Gasteiger partial charge in [0.15, 0.2) is 15.0 Å². The minimum Gasteiger partial charge on any atom is -0.335 e. The van der Waals surface area contributed by atoms with Crippen molar-refractivity contribution in [2.45, 2.75) is 49.3 Å². The number of nitrogens with zero attached hydrogens (tertiary/aromatic N) is 3. The van der Waals surface area contributed by atoms with Crippen molar-refractivity contribution in [3.63, 3.8) is 0 Å². The molecule has 1 saturated carbocycles. The molecule has 0 radical (unpaired) electrons. The molecular formula is C26H29N3O3S2. The van der Waals surface area contributed by atoms with Crippen molar-refractivity contribution < 1.29 is 13.2 Å². The number of imidazole rings is 1. The molecule has 5 rings (SSSR count). The van der Waals surface area contributed by atoms with E-state index in [1.165, 1.54) is 11.8 Å². The Hall–Kier alpha value is -2.58. The number of hydrogen-bond donors (Lipinski definition) is 0. The molecule has 2 heterocycles. The summed E-state index contributed by atoms with van der Waals surface area (Å²) < 4.78 is 26.4. The second-order valence-electron chi connectivity index (χ2n) is 9.05. The molecule has 178 valence electrons. The first-order valence-corrected chi connectivity index (χ1v) is 14.7. The van der Waals surface area contributed by atoms with Gasteiger partial charge in [0.2, 0.25) is 5.91 Å². The average molecular weight is 496 g/mol. The predicted octanol–water partition coefficient (Wildman–Crippen LogP) is 4.59. The van der Waals surface area contributed by atoms with E-state index in [1.807, 2.05) is 59.6 Å². The molecule has 8 heteroatoms. The van der Waals surface area contributed by atoms with Crippen LogP contribution in [0.2, 0.25) is 0 Å². The van der Waals surface area contributed by atoms with Gasteiger partial charge in [-0.15, -0.1) is 0 Å². The van der Waals surface area contributed by atoms with E-state index in [1.54, 1.807) is 0 Å². The molecule has 6 nitrogen and oxygen atoms in total. The molecule has 2 aliphatic rings. The van der Waals surface area contributed by atoms with Crippen LogP contribution in [0.15, 0.2) is 72.0 Å². The minimum absolute atomic E-state index is 0.0165. The van der Waals surface area contributed by atoms with Gasteiger partial charge < -0.3 is 4.90 Å². The summed E-state index contributed by atoms with van der Waals surface area (Å²) in [7, 11) is -3.06.